The number of hydrogen-bond acceptors (Lipinski definition) is 2. The van der Waals surface area contributed by atoms with Gasteiger partial charge in [-0.1, -0.05) is 12.1 Å². The van der Waals surface area contributed by atoms with Gasteiger partial charge in [-0.3, -0.25) is 10.2 Å². The van der Waals surface area contributed by atoms with E-state index in [9.17, 15) is 4.39 Å². The van der Waals surface area contributed by atoms with Crippen molar-refractivity contribution in [2.24, 2.45) is 0 Å². The smallest absolute Gasteiger partial charge is 0.213 e. The molecule has 2 rings (SSSR count). The van der Waals surface area contributed by atoms with E-state index in [1.165, 1.54) is 6.07 Å². The maximum Gasteiger partial charge on any atom is 0.213 e. The van der Waals surface area contributed by atoms with Gasteiger partial charge in [0, 0.05) is 6.42 Å². The molecule has 17 heavy (non-hydrogen) atoms. The first-order valence-electron chi connectivity index (χ1n) is 5.54. The molecule has 0 radical (unpaired) electrons. The average Bonchev–Trinajstić information content (AvgIpc) is 2.70. The van der Waals surface area contributed by atoms with Crippen LogP contribution in [0.25, 0.3) is 0 Å². The lowest BCUT2D eigenvalue weighted by atomic mass is 10.1. The summed E-state index contributed by atoms with van der Waals surface area (Å²) in [7, 11) is 0. The highest BCUT2D eigenvalue weighted by Crippen LogP contribution is 2.11. The van der Waals surface area contributed by atoms with E-state index in [4.69, 9.17) is 12.2 Å². The van der Waals surface area contributed by atoms with Crippen LogP contribution in [-0.4, -0.2) is 15.2 Å². The minimum atomic E-state index is -0.148. The molecule has 0 fully saturated rings. The maximum absolute atomic E-state index is 13.1. The molecule has 5 heteroatoms. The number of aryl methyl sites for hydroxylation is 3. The topological polar surface area (TPSA) is 44.5 Å². The highest BCUT2D eigenvalue weighted by atomic mass is 32.1. The summed E-state index contributed by atoms with van der Waals surface area (Å²) < 4.78 is 13.5. The Balaban J connectivity index is 1.89. The molecule has 3 nitrogen and oxygen atoms in total. The van der Waals surface area contributed by atoms with Gasteiger partial charge in [-0.15, -0.1) is 0 Å². The molecule has 1 heterocycles. The lowest BCUT2D eigenvalue weighted by Crippen LogP contribution is -1.93. The van der Waals surface area contributed by atoms with Crippen LogP contribution in [0.4, 0.5) is 4.39 Å². The molecule has 0 aliphatic heterocycles. The van der Waals surface area contributed by atoms with E-state index < -0.39 is 0 Å². The SMILES string of the molecule is Cc1cc(CCCc2nc(=S)[nH][nH]2)ccc1F. The number of aromatic nitrogens is 3. The van der Waals surface area contributed by atoms with E-state index in [2.05, 4.69) is 15.2 Å². The number of H-pyrrole nitrogens is 2. The average molecular weight is 251 g/mol. The summed E-state index contributed by atoms with van der Waals surface area (Å²) in [6.07, 6.45) is 2.71. The zero-order valence-corrected chi connectivity index (χ0v) is 10.4. The van der Waals surface area contributed by atoms with Crippen LogP contribution in [0.2, 0.25) is 0 Å². The first kappa shape index (κ1) is 12.0. The molecule has 0 atom stereocenters. The van der Waals surface area contributed by atoms with E-state index in [0.717, 1.165) is 30.7 Å². The van der Waals surface area contributed by atoms with Gasteiger partial charge < -0.3 is 0 Å². The minimum Gasteiger partial charge on any atom is -0.286 e. The molecular formula is C12H14FN3S. The van der Waals surface area contributed by atoms with Crippen molar-refractivity contribution in [2.75, 3.05) is 0 Å². The largest absolute Gasteiger partial charge is 0.286 e. The van der Waals surface area contributed by atoms with Crippen molar-refractivity contribution < 1.29 is 4.39 Å². The molecule has 0 saturated carbocycles. The molecule has 0 aliphatic rings. The summed E-state index contributed by atoms with van der Waals surface area (Å²) in [6.45, 7) is 1.78. The van der Waals surface area contributed by atoms with Gasteiger partial charge in [-0.25, -0.2) is 9.37 Å². The van der Waals surface area contributed by atoms with Gasteiger partial charge >= 0.3 is 0 Å². The summed E-state index contributed by atoms with van der Waals surface area (Å²) in [5.74, 6) is 0.721. The number of halogens is 1. The van der Waals surface area contributed by atoms with Crippen molar-refractivity contribution in [1.82, 2.24) is 15.2 Å². The molecule has 1 aromatic carbocycles. The van der Waals surface area contributed by atoms with Gasteiger partial charge in [0.1, 0.15) is 11.6 Å². The van der Waals surface area contributed by atoms with Crippen molar-refractivity contribution in [3.05, 3.63) is 45.7 Å². The Morgan fingerprint density at radius 2 is 2.12 bits per heavy atom. The van der Waals surface area contributed by atoms with Crippen LogP contribution in [0.3, 0.4) is 0 Å². The van der Waals surface area contributed by atoms with Crippen molar-refractivity contribution in [1.29, 1.82) is 0 Å². The molecule has 0 aliphatic carbocycles. The Morgan fingerprint density at radius 1 is 1.29 bits per heavy atom. The van der Waals surface area contributed by atoms with E-state index in [-0.39, 0.29) is 5.82 Å². The van der Waals surface area contributed by atoms with E-state index in [1.54, 1.807) is 6.92 Å². The number of rotatable bonds is 4. The molecule has 1 aromatic heterocycles. The van der Waals surface area contributed by atoms with Crippen molar-refractivity contribution in [2.45, 2.75) is 26.2 Å². The number of nitrogens with zero attached hydrogens (tertiary/aromatic N) is 1. The third kappa shape index (κ3) is 3.23. The van der Waals surface area contributed by atoms with Crippen molar-refractivity contribution >= 4 is 12.2 Å². The van der Waals surface area contributed by atoms with Gasteiger partial charge in [0.05, 0.1) is 0 Å². The van der Waals surface area contributed by atoms with Crippen LogP contribution in [0.1, 0.15) is 23.4 Å². The van der Waals surface area contributed by atoms with Gasteiger partial charge in [-0.05, 0) is 49.2 Å². The standard InChI is InChI=1S/C12H14FN3S/c1-8-7-9(5-6-10(8)13)3-2-4-11-14-12(17)16-15-11/h5-7H,2-4H2,1H3,(H2,14,15,16,17). The van der Waals surface area contributed by atoms with Crippen LogP contribution in [-0.2, 0) is 12.8 Å². The molecular weight excluding hydrogens is 237 g/mol. The number of hydrogen-bond donors (Lipinski definition) is 2. The summed E-state index contributed by atoms with van der Waals surface area (Å²) >= 11 is 4.87. The third-order valence-electron chi connectivity index (χ3n) is 2.65. The summed E-state index contributed by atoms with van der Waals surface area (Å²) in [4.78, 5) is 4.12. The minimum absolute atomic E-state index is 0.148. The highest BCUT2D eigenvalue weighted by molar-refractivity contribution is 7.71. The molecule has 0 amide bonds. The van der Waals surface area contributed by atoms with Gasteiger partial charge in [0.25, 0.3) is 0 Å². The fraction of sp³-hybridized carbons (Fsp3) is 0.333. The molecule has 0 spiro atoms. The van der Waals surface area contributed by atoms with E-state index >= 15 is 0 Å². The van der Waals surface area contributed by atoms with Gasteiger partial charge in [0.2, 0.25) is 4.77 Å². The molecule has 90 valence electrons. The summed E-state index contributed by atoms with van der Waals surface area (Å²) in [5, 5.41) is 5.67. The second-order valence-corrected chi connectivity index (χ2v) is 4.44. The summed E-state index contributed by atoms with van der Waals surface area (Å²) in [6, 6.07) is 5.24. The van der Waals surface area contributed by atoms with Crippen LogP contribution < -0.4 is 0 Å². The highest BCUT2D eigenvalue weighted by Gasteiger charge is 2.01. The monoisotopic (exact) mass is 251 g/mol. The summed E-state index contributed by atoms with van der Waals surface area (Å²) in [5.41, 5.74) is 1.85. The zero-order chi connectivity index (χ0) is 12.3. The number of aromatic amines is 2. The zero-order valence-electron chi connectivity index (χ0n) is 9.59. The number of benzene rings is 1. The molecule has 0 bridgehead atoms. The molecule has 0 unspecified atom stereocenters. The molecule has 0 saturated heterocycles. The van der Waals surface area contributed by atoms with Gasteiger partial charge in [-0.2, -0.15) is 0 Å². The lowest BCUT2D eigenvalue weighted by molar-refractivity contribution is 0.617. The first-order valence-corrected chi connectivity index (χ1v) is 5.94. The van der Waals surface area contributed by atoms with Crippen LogP contribution in [0, 0.1) is 17.5 Å². The molecule has 2 N–H and O–H groups in total. The maximum atomic E-state index is 13.1. The fourth-order valence-corrected chi connectivity index (χ4v) is 1.91. The quantitative estimate of drug-likeness (QED) is 0.820. The lowest BCUT2D eigenvalue weighted by Gasteiger charge is -2.02. The fourth-order valence-electron chi connectivity index (χ4n) is 1.74. The van der Waals surface area contributed by atoms with E-state index in [0.29, 0.717) is 10.3 Å². The van der Waals surface area contributed by atoms with E-state index in [1.807, 2.05) is 12.1 Å². The predicted octanol–water partition coefficient (Wildman–Crippen LogP) is 3.09. The first-order chi connectivity index (χ1) is 8.15. The van der Waals surface area contributed by atoms with Crippen molar-refractivity contribution in [3.8, 4) is 0 Å². The van der Waals surface area contributed by atoms with Crippen molar-refractivity contribution in [3.63, 3.8) is 0 Å². The van der Waals surface area contributed by atoms with Crippen LogP contribution >= 0.6 is 12.2 Å². The second kappa shape index (κ2) is 5.23. The Morgan fingerprint density at radius 3 is 2.76 bits per heavy atom. The Kier molecular flexibility index (Phi) is 3.68. The normalized spacial score (nSPS) is 10.7. The van der Waals surface area contributed by atoms with Crippen LogP contribution in [0.5, 0.6) is 0 Å². The Labute approximate surface area is 104 Å². The Bertz CT molecular complexity index is 559. The predicted molar refractivity (Wildman–Crippen MR) is 66.9 cm³/mol. The number of nitrogens with one attached hydrogen (secondary N) is 2. The van der Waals surface area contributed by atoms with Gasteiger partial charge in [0.15, 0.2) is 0 Å². The second-order valence-electron chi connectivity index (χ2n) is 4.05. The molecule has 2 aromatic rings. The Hall–Kier alpha value is -1.49. The third-order valence-corrected chi connectivity index (χ3v) is 2.84. The van der Waals surface area contributed by atoms with Crippen LogP contribution in [0.15, 0.2) is 18.2 Å².